The number of thioether (sulfide) groups is 1. The summed E-state index contributed by atoms with van der Waals surface area (Å²) in [4.78, 5) is 35.4. The van der Waals surface area contributed by atoms with E-state index in [4.69, 9.17) is 5.11 Å². The number of carboxylic acid groups (broad SMARTS) is 1. The van der Waals surface area contributed by atoms with E-state index in [1.165, 1.54) is 12.1 Å². The zero-order valence-corrected chi connectivity index (χ0v) is 10.9. The fourth-order valence-corrected chi connectivity index (χ4v) is 2.69. The topological polar surface area (TPSA) is 86.7 Å². The molecule has 6 nitrogen and oxygen atoms in total. The van der Waals surface area contributed by atoms with Crippen molar-refractivity contribution in [2.24, 2.45) is 0 Å². The molecule has 1 heterocycles. The molecule has 1 unspecified atom stereocenters. The van der Waals surface area contributed by atoms with Crippen molar-refractivity contribution in [3.05, 3.63) is 29.8 Å². The second-order valence-corrected chi connectivity index (χ2v) is 4.93. The second-order valence-electron chi connectivity index (χ2n) is 3.88. The first kappa shape index (κ1) is 13.4. The van der Waals surface area contributed by atoms with Crippen LogP contribution in [0.2, 0.25) is 0 Å². The minimum atomic E-state index is -1.04. The van der Waals surface area contributed by atoms with E-state index in [-0.39, 0.29) is 16.7 Å². The fraction of sp³-hybridized carbons (Fsp3) is 0.250. The molecule has 1 aliphatic heterocycles. The zero-order valence-electron chi connectivity index (χ0n) is 10.1. The first-order valence-electron chi connectivity index (χ1n) is 5.65. The number of nitrogens with zero attached hydrogens (tertiary/aromatic N) is 1. The predicted molar refractivity (Wildman–Crippen MR) is 71.2 cm³/mol. The average Bonchev–Trinajstić information content (AvgIpc) is 2.64. The molecule has 0 bridgehead atoms. The Kier molecular flexibility index (Phi) is 3.75. The van der Waals surface area contributed by atoms with Gasteiger partial charge < -0.3 is 10.4 Å². The number of imide groups is 1. The Labute approximate surface area is 113 Å². The largest absolute Gasteiger partial charge is 0.478 e. The Bertz CT molecular complexity index is 546. The summed E-state index contributed by atoms with van der Waals surface area (Å²) < 4.78 is 0. The van der Waals surface area contributed by atoms with Gasteiger partial charge in [-0.2, -0.15) is 0 Å². The van der Waals surface area contributed by atoms with Crippen molar-refractivity contribution in [3.63, 3.8) is 0 Å². The third-order valence-electron chi connectivity index (χ3n) is 2.65. The van der Waals surface area contributed by atoms with Gasteiger partial charge in [0, 0.05) is 12.2 Å². The zero-order chi connectivity index (χ0) is 14.0. The Morgan fingerprint density at radius 2 is 2.21 bits per heavy atom. The first-order valence-corrected chi connectivity index (χ1v) is 6.52. The summed E-state index contributed by atoms with van der Waals surface area (Å²) in [6, 6.07) is 6.12. The summed E-state index contributed by atoms with van der Waals surface area (Å²) in [6.07, 6.45) is 0. The van der Waals surface area contributed by atoms with Gasteiger partial charge in [-0.05, 0) is 36.9 Å². The molecular formula is C12H12N2O4S. The maximum Gasteiger partial charge on any atom is 0.335 e. The van der Waals surface area contributed by atoms with Crippen LogP contribution < -0.4 is 5.32 Å². The number of amides is 2. The molecule has 7 heteroatoms. The molecule has 0 saturated carbocycles. The fourth-order valence-electron chi connectivity index (χ4n) is 1.72. The molecule has 1 aromatic rings. The molecule has 0 aromatic heterocycles. The standard InChI is InChI=1S/C12H12N2O4S/c1-2-14-10(15)9(19-12(14)18)13-8-5-3-4-7(6-8)11(16)17/h3-6,9,13H,2H2,1H3,(H,16,17). The van der Waals surface area contributed by atoms with Crippen LogP contribution in [-0.4, -0.2) is 39.0 Å². The summed E-state index contributed by atoms with van der Waals surface area (Å²) in [6.45, 7) is 2.06. The Morgan fingerprint density at radius 3 is 2.79 bits per heavy atom. The van der Waals surface area contributed by atoms with Gasteiger partial charge in [-0.3, -0.25) is 14.5 Å². The monoisotopic (exact) mass is 280 g/mol. The number of hydrogen-bond donors (Lipinski definition) is 2. The summed E-state index contributed by atoms with van der Waals surface area (Å²) >= 11 is 0.894. The molecule has 100 valence electrons. The van der Waals surface area contributed by atoms with E-state index in [1.807, 2.05) is 0 Å². The van der Waals surface area contributed by atoms with Crippen LogP contribution in [0.5, 0.6) is 0 Å². The lowest BCUT2D eigenvalue weighted by Crippen LogP contribution is -2.34. The third-order valence-corrected chi connectivity index (χ3v) is 3.63. The van der Waals surface area contributed by atoms with Crippen molar-refractivity contribution < 1.29 is 19.5 Å². The van der Waals surface area contributed by atoms with Gasteiger partial charge in [-0.25, -0.2) is 4.79 Å². The van der Waals surface area contributed by atoms with Crippen LogP contribution in [0.1, 0.15) is 17.3 Å². The molecular weight excluding hydrogens is 268 g/mol. The molecule has 1 aromatic carbocycles. The number of carboxylic acids is 1. The first-order chi connectivity index (χ1) is 9.02. The summed E-state index contributed by atoms with van der Waals surface area (Å²) in [5.41, 5.74) is 0.621. The van der Waals surface area contributed by atoms with Gasteiger partial charge in [-0.1, -0.05) is 6.07 Å². The van der Waals surface area contributed by atoms with E-state index < -0.39 is 11.3 Å². The molecule has 2 N–H and O–H groups in total. The maximum atomic E-state index is 11.9. The van der Waals surface area contributed by atoms with Crippen molar-refractivity contribution in [2.45, 2.75) is 12.3 Å². The molecule has 1 atom stereocenters. The minimum Gasteiger partial charge on any atom is -0.478 e. The molecule has 1 saturated heterocycles. The second kappa shape index (κ2) is 5.31. The molecule has 0 aliphatic carbocycles. The number of nitrogens with one attached hydrogen (secondary N) is 1. The highest BCUT2D eigenvalue weighted by molar-refractivity contribution is 8.15. The lowest BCUT2D eigenvalue weighted by atomic mass is 10.2. The Hall–Kier alpha value is -2.02. The van der Waals surface area contributed by atoms with Gasteiger partial charge in [0.15, 0.2) is 5.37 Å². The molecule has 2 amide bonds. The van der Waals surface area contributed by atoms with Gasteiger partial charge in [0.1, 0.15) is 0 Å². The van der Waals surface area contributed by atoms with Gasteiger partial charge in [0.25, 0.3) is 11.1 Å². The Balaban J connectivity index is 2.14. The number of carbonyl (C=O) groups is 3. The molecule has 1 aliphatic rings. The highest BCUT2D eigenvalue weighted by Crippen LogP contribution is 2.28. The van der Waals surface area contributed by atoms with E-state index in [9.17, 15) is 14.4 Å². The molecule has 1 fully saturated rings. The van der Waals surface area contributed by atoms with E-state index in [1.54, 1.807) is 19.1 Å². The Morgan fingerprint density at radius 1 is 1.47 bits per heavy atom. The lowest BCUT2D eigenvalue weighted by molar-refractivity contribution is -0.126. The van der Waals surface area contributed by atoms with Gasteiger partial charge in [0.05, 0.1) is 5.56 Å². The highest BCUT2D eigenvalue weighted by Gasteiger charge is 2.38. The third kappa shape index (κ3) is 2.70. The minimum absolute atomic E-state index is 0.124. The quantitative estimate of drug-likeness (QED) is 0.875. The lowest BCUT2D eigenvalue weighted by Gasteiger charge is -2.13. The van der Waals surface area contributed by atoms with Crippen LogP contribution in [0.25, 0.3) is 0 Å². The van der Waals surface area contributed by atoms with Crippen molar-refractivity contribution in [2.75, 3.05) is 11.9 Å². The van der Waals surface area contributed by atoms with Crippen LogP contribution in [0.3, 0.4) is 0 Å². The van der Waals surface area contributed by atoms with E-state index >= 15 is 0 Å². The SMILES string of the molecule is CCN1C(=O)SC(Nc2cccc(C(=O)O)c2)C1=O. The van der Waals surface area contributed by atoms with Crippen LogP contribution in [0.15, 0.2) is 24.3 Å². The summed E-state index contributed by atoms with van der Waals surface area (Å²) in [7, 11) is 0. The number of benzene rings is 1. The van der Waals surface area contributed by atoms with E-state index in [0.717, 1.165) is 16.7 Å². The molecule has 19 heavy (non-hydrogen) atoms. The molecule has 0 spiro atoms. The van der Waals surface area contributed by atoms with Crippen molar-refractivity contribution >= 4 is 34.6 Å². The average molecular weight is 280 g/mol. The van der Waals surface area contributed by atoms with Crippen LogP contribution in [0.4, 0.5) is 10.5 Å². The van der Waals surface area contributed by atoms with Gasteiger partial charge >= 0.3 is 5.97 Å². The van der Waals surface area contributed by atoms with E-state index in [0.29, 0.717) is 12.2 Å². The van der Waals surface area contributed by atoms with Gasteiger partial charge in [0.2, 0.25) is 0 Å². The summed E-state index contributed by atoms with van der Waals surface area (Å²) in [5, 5.41) is 10.8. The maximum absolute atomic E-state index is 11.9. The highest BCUT2D eigenvalue weighted by atomic mass is 32.2. The molecule has 0 radical (unpaired) electrons. The number of carbonyl (C=O) groups excluding carboxylic acids is 2. The molecule has 2 rings (SSSR count). The smallest absolute Gasteiger partial charge is 0.335 e. The normalized spacial score (nSPS) is 18.8. The van der Waals surface area contributed by atoms with Gasteiger partial charge in [-0.15, -0.1) is 0 Å². The van der Waals surface area contributed by atoms with Crippen LogP contribution >= 0.6 is 11.8 Å². The number of anilines is 1. The van der Waals surface area contributed by atoms with Crippen LogP contribution in [0, 0.1) is 0 Å². The number of likely N-dealkylation sites (N-methyl/N-ethyl adjacent to an activating group) is 1. The van der Waals surface area contributed by atoms with Crippen molar-refractivity contribution in [1.29, 1.82) is 0 Å². The van der Waals surface area contributed by atoms with Crippen molar-refractivity contribution in [3.8, 4) is 0 Å². The summed E-state index contributed by atoms with van der Waals surface area (Å²) in [5.74, 6) is -1.35. The van der Waals surface area contributed by atoms with E-state index in [2.05, 4.69) is 5.32 Å². The number of aromatic carboxylic acids is 1. The van der Waals surface area contributed by atoms with Crippen molar-refractivity contribution in [1.82, 2.24) is 4.90 Å². The predicted octanol–water partition coefficient (Wildman–Crippen LogP) is 1.84. The number of rotatable bonds is 4. The van der Waals surface area contributed by atoms with Crippen LogP contribution in [-0.2, 0) is 4.79 Å². The number of hydrogen-bond acceptors (Lipinski definition) is 5.